The molecule has 42 heavy (non-hydrogen) atoms. The van der Waals surface area contributed by atoms with Gasteiger partial charge >= 0.3 is 11.0 Å². The number of nitrogens with zero attached hydrogens (tertiary/aromatic N) is 2. The molecule has 0 aromatic rings. The quantitative estimate of drug-likeness (QED) is 0.0642. The fourth-order valence-corrected chi connectivity index (χ4v) is 6.15. The maximum Gasteiger partial charge on any atom is 0.480 e. The first-order valence-electron chi connectivity index (χ1n) is 14.9. The molecule has 8 nitrogen and oxygen atoms in total. The van der Waals surface area contributed by atoms with Gasteiger partial charge in [-0.1, -0.05) is 96.8 Å². The third-order valence-electron chi connectivity index (χ3n) is 7.09. The van der Waals surface area contributed by atoms with Crippen molar-refractivity contribution in [3.05, 3.63) is 4.13 Å². The lowest BCUT2D eigenvalue weighted by atomic mass is 10.0. The molecule has 0 spiro atoms. The lowest BCUT2D eigenvalue weighted by molar-refractivity contribution is -0.927. The van der Waals surface area contributed by atoms with Crippen LogP contribution in [0.1, 0.15) is 117 Å². The Balaban J connectivity index is 0. The van der Waals surface area contributed by atoms with Crippen LogP contribution < -0.4 is 0 Å². The molecular weight excluding hydrogens is 614 g/mol. The average Bonchev–Trinajstić information content (AvgIpc) is 2.87. The number of hydrogen-bond donors (Lipinski definition) is 2. The molecule has 0 amide bonds. The number of alkyl halides is 6. The van der Waals surface area contributed by atoms with Gasteiger partial charge in [0, 0.05) is 0 Å². The molecule has 0 aliphatic rings. The van der Waals surface area contributed by atoms with Gasteiger partial charge in [-0.15, -0.1) is 0 Å². The summed E-state index contributed by atoms with van der Waals surface area (Å²) in [4.78, 5) is 0. The number of unbranched alkanes of at least 4 members (excludes halogenated alkanes) is 15. The Bertz CT molecular complexity index is 821. The molecule has 0 fully saturated rings. The lowest BCUT2D eigenvalue weighted by Crippen LogP contribution is -2.52. The van der Waals surface area contributed by atoms with E-state index in [2.05, 4.69) is 13.8 Å². The minimum absolute atomic E-state index is 0.229. The van der Waals surface area contributed by atoms with E-state index in [0.717, 1.165) is 34.8 Å². The Hall–Kier alpha value is -0.680. The lowest BCUT2D eigenvalue weighted by Gasteiger charge is -2.37. The smallest absolute Gasteiger partial charge is 0.421 e. The highest BCUT2D eigenvalue weighted by atomic mass is 32.3. The van der Waals surface area contributed by atoms with Gasteiger partial charge in [0.15, 0.2) is 20.0 Å². The Labute approximate surface area is 248 Å². The molecule has 0 aliphatic carbocycles. The van der Waals surface area contributed by atoms with E-state index in [0.29, 0.717) is 0 Å². The van der Waals surface area contributed by atoms with Gasteiger partial charge in [-0.25, -0.2) is 16.8 Å². The Morgan fingerprint density at radius 1 is 0.524 bits per heavy atom. The number of halogens is 6. The van der Waals surface area contributed by atoms with Crippen molar-refractivity contribution in [1.29, 1.82) is 0 Å². The largest absolute Gasteiger partial charge is 0.480 e. The van der Waals surface area contributed by atoms with Crippen LogP contribution in [0.4, 0.5) is 26.3 Å². The van der Waals surface area contributed by atoms with Crippen LogP contribution in [0, 0.1) is 0 Å². The molecule has 256 valence electrons. The number of sulfonamides is 2. The molecule has 0 radical (unpaired) electrons. The van der Waals surface area contributed by atoms with Gasteiger partial charge in [-0.3, -0.25) is 0 Å². The summed E-state index contributed by atoms with van der Waals surface area (Å²) in [7, 11) is -13.4. The van der Waals surface area contributed by atoms with Crippen molar-refractivity contribution in [1.82, 2.24) is 0 Å². The highest BCUT2D eigenvalue weighted by Crippen LogP contribution is 2.36. The standard InChI is InChI=1S/C24H52NO2.C2F6NO4S2/c1-3-5-6-7-8-9-10-11-12-13-14-15-16-17-18-19-20-25(4-2,21-23-26)22-24-27;3-1(4,5)14(10,11)9-15(12,13)2(6,7)8/h26-27H,3-24H2,1-2H3;/q+1;-1. The first-order valence-corrected chi connectivity index (χ1v) is 17.8. The molecule has 0 bridgehead atoms. The zero-order valence-corrected chi connectivity index (χ0v) is 26.7. The van der Waals surface area contributed by atoms with E-state index in [4.69, 9.17) is 0 Å². The van der Waals surface area contributed by atoms with Gasteiger partial charge in [-0.05, 0) is 19.8 Å². The third-order valence-corrected chi connectivity index (χ3v) is 9.83. The van der Waals surface area contributed by atoms with Gasteiger partial charge in [0.1, 0.15) is 13.1 Å². The van der Waals surface area contributed by atoms with E-state index >= 15 is 0 Å². The minimum atomic E-state index is -6.72. The second-order valence-electron chi connectivity index (χ2n) is 10.5. The van der Waals surface area contributed by atoms with Gasteiger partial charge in [0.25, 0.3) is 0 Å². The van der Waals surface area contributed by atoms with Crippen LogP contribution in [0.5, 0.6) is 0 Å². The highest BCUT2D eigenvalue weighted by Gasteiger charge is 2.46. The third kappa shape index (κ3) is 20.3. The Morgan fingerprint density at radius 2 is 0.810 bits per heavy atom. The van der Waals surface area contributed by atoms with E-state index in [1.54, 1.807) is 0 Å². The SMILES string of the molecule is CCCCCCCCCCCCCCCCCC[N+](CC)(CCO)CCO.O=S(=O)([N-]S(=O)(=O)C(F)(F)F)C(F)(F)F. The van der Waals surface area contributed by atoms with Crippen LogP contribution in [0.3, 0.4) is 0 Å². The maximum atomic E-state index is 11.4. The molecule has 16 heteroatoms. The van der Waals surface area contributed by atoms with Crippen molar-refractivity contribution in [3.63, 3.8) is 0 Å². The van der Waals surface area contributed by atoms with Crippen LogP contribution in [0.25, 0.3) is 4.13 Å². The summed E-state index contributed by atoms with van der Waals surface area (Å²) in [5.74, 6) is 0. The molecule has 0 heterocycles. The molecule has 0 aliphatic heterocycles. The van der Waals surface area contributed by atoms with Crippen molar-refractivity contribution < 1.29 is 57.9 Å². The summed E-state index contributed by atoms with van der Waals surface area (Å²) in [6.45, 7) is 8.62. The highest BCUT2D eigenvalue weighted by molar-refractivity contribution is 8.13. The van der Waals surface area contributed by atoms with Crippen LogP contribution in [0.15, 0.2) is 0 Å². The van der Waals surface area contributed by atoms with E-state index in [1.807, 2.05) is 0 Å². The van der Waals surface area contributed by atoms with Crippen molar-refractivity contribution in [3.8, 4) is 0 Å². The number of quaternary nitrogens is 1. The molecule has 0 atom stereocenters. The summed E-state index contributed by atoms with van der Waals surface area (Å²) in [6.07, 6.45) is 22.4. The second-order valence-corrected chi connectivity index (χ2v) is 13.9. The van der Waals surface area contributed by atoms with Crippen LogP contribution in [0.2, 0.25) is 0 Å². The van der Waals surface area contributed by atoms with Crippen LogP contribution >= 0.6 is 0 Å². The van der Waals surface area contributed by atoms with Crippen molar-refractivity contribution >= 4 is 20.0 Å². The summed E-state index contributed by atoms with van der Waals surface area (Å²) >= 11 is 0. The number of aliphatic hydroxyl groups is 2. The first kappa shape index (κ1) is 43.4. The van der Waals surface area contributed by atoms with Crippen LogP contribution in [-0.4, -0.2) is 81.9 Å². The van der Waals surface area contributed by atoms with Crippen molar-refractivity contribution in [2.75, 3.05) is 39.4 Å². The molecule has 0 unspecified atom stereocenters. The van der Waals surface area contributed by atoms with E-state index in [9.17, 15) is 53.4 Å². The van der Waals surface area contributed by atoms with Crippen molar-refractivity contribution in [2.45, 2.75) is 128 Å². The summed E-state index contributed by atoms with van der Waals surface area (Å²) < 4.78 is 110. The number of hydrogen-bond acceptors (Lipinski definition) is 6. The van der Waals surface area contributed by atoms with E-state index in [-0.39, 0.29) is 13.2 Å². The number of likely N-dealkylation sites (N-methyl/N-ethyl adjacent to an activating group) is 1. The van der Waals surface area contributed by atoms with E-state index < -0.39 is 31.1 Å². The summed E-state index contributed by atoms with van der Waals surface area (Å²) in [5.41, 5.74) is -12.4. The topological polar surface area (TPSA) is 123 Å². The molecule has 0 saturated carbocycles. The van der Waals surface area contributed by atoms with Crippen molar-refractivity contribution in [2.24, 2.45) is 0 Å². The molecule has 2 N–H and O–H groups in total. The number of rotatable bonds is 24. The predicted octanol–water partition coefficient (Wildman–Crippen LogP) is 7.13. The molecule has 0 aromatic heterocycles. The molecule has 0 saturated heterocycles. The van der Waals surface area contributed by atoms with E-state index in [1.165, 1.54) is 103 Å². The minimum Gasteiger partial charge on any atom is -0.421 e. The average molecular weight is 667 g/mol. The Morgan fingerprint density at radius 3 is 1.05 bits per heavy atom. The predicted molar refractivity (Wildman–Crippen MR) is 152 cm³/mol. The van der Waals surface area contributed by atoms with Crippen LogP contribution in [-0.2, 0) is 20.0 Å². The van der Waals surface area contributed by atoms with Gasteiger partial charge < -0.3 is 18.8 Å². The fourth-order valence-electron chi connectivity index (χ4n) is 4.44. The zero-order chi connectivity index (χ0) is 32.8. The Kier molecular flexibility index (Phi) is 23.6. The fraction of sp³-hybridized carbons (Fsp3) is 1.00. The second kappa shape index (κ2) is 22.8. The molecule has 0 aromatic carbocycles. The molecular formula is C26H52F6N2O6S2. The van der Waals surface area contributed by atoms with Gasteiger partial charge in [0.2, 0.25) is 0 Å². The van der Waals surface area contributed by atoms with Gasteiger partial charge in [-0.2, -0.15) is 26.3 Å². The van der Waals surface area contributed by atoms with Gasteiger partial charge in [0.05, 0.1) is 26.3 Å². The number of aliphatic hydroxyl groups excluding tert-OH is 2. The summed E-state index contributed by atoms with van der Waals surface area (Å²) in [6, 6.07) is 0. The monoisotopic (exact) mass is 666 g/mol. The summed E-state index contributed by atoms with van der Waals surface area (Å²) in [5, 5.41) is 18.6. The normalized spacial score (nSPS) is 13.2. The molecule has 0 rings (SSSR count). The maximum absolute atomic E-state index is 11.4. The first-order chi connectivity index (χ1) is 19.4. The zero-order valence-electron chi connectivity index (χ0n) is 25.1.